The lowest BCUT2D eigenvalue weighted by Gasteiger charge is -1.96. The fraction of sp³-hybridized carbons (Fsp3) is 0.250. The second-order valence-electron chi connectivity index (χ2n) is 3.60. The summed E-state index contributed by atoms with van der Waals surface area (Å²) in [4.78, 5) is 4.52. The average molecular weight is 315 g/mol. The molecule has 0 amide bonds. The van der Waals surface area contributed by atoms with Gasteiger partial charge in [0.25, 0.3) is 0 Å². The quantitative estimate of drug-likeness (QED) is 0.934. The summed E-state index contributed by atoms with van der Waals surface area (Å²) in [5, 5.41) is 3.93. The van der Waals surface area contributed by atoms with E-state index in [4.69, 9.17) is 0 Å². The second-order valence-corrected chi connectivity index (χ2v) is 5.92. The maximum absolute atomic E-state index is 13.1. The van der Waals surface area contributed by atoms with Crippen LogP contribution < -0.4 is 5.32 Å². The van der Waals surface area contributed by atoms with Crippen LogP contribution in [0, 0.1) is 5.82 Å². The van der Waals surface area contributed by atoms with Crippen molar-refractivity contribution in [1.29, 1.82) is 0 Å². The van der Waals surface area contributed by atoms with Crippen LogP contribution in [0.25, 0.3) is 10.6 Å². The minimum absolute atomic E-state index is 0.231. The van der Waals surface area contributed by atoms with Gasteiger partial charge in [0.1, 0.15) is 10.8 Å². The molecule has 1 N–H and O–H groups in total. The largest absolute Gasteiger partial charge is 0.319 e. The Balaban J connectivity index is 2.28. The smallest absolute Gasteiger partial charge is 0.124 e. The van der Waals surface area contributed by atoms with Crippen molar-refractivity contribution in [2.75, 3.05) is 13.6 Å². The lowest BCUT2D eigenvalue weighted by atomic mass is 10.2. The minimum Gasteiger partial charge on any atom is -0.319 e. The number of rotatable bonds is 4. The number of hydrogen-bond donors (Lipinski definition) is 1. The van der Waals surface area contributed by atoms with Gasteiger partial charge in [-0.25, -0.2) is 9.37 Å². The zero-order chi connectivity index (χ0) is 12.3. The lowest BCUT2D eigenvalue weighted by molar-refractivity contribution is 0.628. The molecule has 0 bridgehead atoms. The van der Waals surface area contributed by atoms with Gasteiger partial charge in [-0.1, -0.05) is 12.1 Å². The normalized spacial score (nSPS) is 10.8. The summed E-state index contributed by atoms with van der Waals surface area (Å²) in [6.45, 7) is 0.880. The van der Waals surface area contributed by atoms with Crippen molar-refractivity contribution in [2.24, 2.45) is 0 Å². The zero-order valence-electron chi connectivity index (χ0n) is 9.34. The van der Waals surface area contributed by atoms with E-state index in [9.17, 15) is 4.39 Å². The van der Waals surface area contributed by atoms with Gasteiger partial charge in [0.15, 0.2) is 0 Å². The molecule has 0 saturated heterocycles. The molecule has 1 aromatic heterocycles. The Hall–Kier alpha value is -0.780. The van der Waals surface area contributed by atoms with Crippen LogP contribution in [-0.4, -0.2) is 18.6 Å². The number of thiazole rings is 1. The Morgan fingerprint density at radius 1 is 1.47 bits per heavy atom. The third kappa shape index (κ3) is 3.12. The van der Waals surface area contributed by atoms with Crippen molar-refractivity contribution in [3.05, 3.63) is 39.6 Å². The third-order valence-corrected chi connectivity index (χ3v) is 4.21. The van der Waals surface area contributed by atoms with Gasteiger partial charge in [-0.3, -0.25) is 0 Å². The van der Waals surface area contributed by atoms with Gasteiger partial charge < -0.3 is 5.32 Å². The van der Waals surface area contributed by atoms with Crippen LogP contribution in [0.15, 0.2) is 28.1 Å². The van der Waals surface area contributed by atoms with E-state index >= 15 is 0 Å². The van der Waals surface area contributed by atoms with E-state index in [2.05, 4.69) is 26.2 Å². The first-order valence-corrected chi connectivity index (χ1v) is 6.87. The van der Waals surface area contributed by atoms with Gasteiger partial charge in [0, 0.05) is 18.5 Å². The number of nitrogens with one attached hydrogen (secondary N) is 1. The monoisotopic (exact) mass is 314 g/mol. The first kappa shape index (κ1) is 12.7. The lowest BCUT2D eigenvalue weighted by Crippen LogP contribution is -2.10. The van der Waals surface area contributed by atoms with Crippen LogP contribution >= 0.6 is 27.3 Å². The predicted molar refractivity (Wildman–Crippen MR) is 72.8 cm³/mol. The van der Waals surface area contributed by atoms with Crippen LogP contribution in [0.5, 0.6) is 0 Å². The van der Waals surface area contributed by atoms with Crippen molar-refractivity contribution in [1.82, 2.24) is 10.3 Å². The summed E-state index contributed by atoms with van der Waals surface area (Å²) < 4.78 is 14.1. The molecule has 0 fully saturated rings. The van der Waals surface area contributed by atoms with Gasteiger partial charge in [-0.15, -0.1) is 11.3 Å². The molecular formula is C12H12BrFN2S. The summed E-state index contributed by atoms with van der Waals surface area (Å²) >= 11 is 5.04. The van der Waals surface area contributed by atoms with E-state index in [1.54, 1.807) is 6.07 Å². The van der Waals surface area contributed by atoms with E-state index in [0.29, 0.717) is 0 Å². The molecule has 1 aromatic carbocycles. The summed E-state index contributed by atoms with van der Waals surface area (Å²) in [5.41, 5.74) is 1.84. The van der Waals surface area contributed by atoms with Gasteiger partial charge >= 0.3 is 0 Å². The Labute approximate surface area is 112 Å². The number of hydrogen-bond acceptors (Lipinski definition) is 3. The minimum atomic E-state index is -0.231. The molecule has 0 atom stereocenters. The fourth-order valence-electron chi connectivity index (χ4n) is 1.48. The van der Waals surface area contributed by atoms with E-state index in [1.807, 2.05) is 13.1 Å². The summed E-state index contributed by atoms with van der Waals surface area (Å²) in [6.07, 6.45) is 0.864. The van der Waals surface area contributed by atoms with Gasteiger partial charge in [0.2, 0.25) is 0 Å². The SMILES string of the molecule is CNCCc1nc(-c2cccc(F)c2)sc1Br. The summed E-state index contributed by atoms with van der Waals surface area (Å²) in [6, 6.07) is 6.52. The molecule has 0 unspecified atom stereocenters. The highest BCUT2D eigenvalue weighted by Crippen LogP contribution is 2.32. The molecule has 0 saturated carbocycles. The molecule has 0 aliphatic rings. The van der Waals surface area contributed by atoms with Gasteiger partial charge in [-0.05, 0) is 35.1 Å². The van der Waals surface area contributed by atoms with Crippen LogP contribution in [0.1, 0.15) is 5.69 Å². The van der Waals surface area contributed by atoms with Crippen molar-refractivity contribution in [3.63, 3.8) is 0 Å². The van der Waals surface area contributed by atoms with Crippen molar-refractivity contribution in [3.8, 4) is 10.6 Å². The molecule has 2 nitrogen and oxygen atoms in total. The summed E-state index contributed by atoms with van der Waals surface area (Å²) in [7, 11) is 1.91. The summed E-state index contributed by atoms with van der Waals surface area (Å²) in [5.74, 6) is -0.231. The molecule has 0 radical (unpaired) electrons. The van der Waals surface area contributed by atoms with Crippen molar-refractivity contribution < 1.29 is 4.39 Å². The van der Waals surface area contributed by atoms with E-state index in [0.717, 1.165) is 33.0 Å². The Bertz CT molecular complexity index is 513. The first-order chi connectivity index (χ1) is 8.20. The van der Waals surface area contributed by atoms with Gasteiger partial charge in [0.05, 0.1) is 9.48 Å². The zero-order valence-corrected chi connectivity index (χ0v) is 11.7. The topological polar surface area (TPSA) is 24.9 Å². The maximum atomic E-state index is 13.1. The standard InChI is InChI=1S/C12H12BrFN2S/c1-15-6-5-10-11(13)17-12(16-10)8-3-2-4-9(14)7-8/h2-4,7,15H,5-6H2,1H3. The highest BCUT2D eigenvalue weighted by atomic mass is 79.9. The molecule has 2 rings (SSSR count). The number of benzene rings is 1. The molecular weight excluding hydrogens is 303 g/mol. The number of nitrogens with zero attached hydrogens (tertiary/aromatic N) is 1. The van der Waals surface area contributed by atoms with Crippen LogP contribution in [0.3, 0.4) is 0 Å². The molecule has 90 valence electrons. The molecule has 2 aromatic rings. The van der Waals surface area contributed by atoms with Gasteiger partial charge in [-0.2, -0.15) is 0 Å². The van der Waals surface area contributed by atoms with Crippen LogP contribution in [0.4, 0.5) is 4.39 Å². The average Bonchev–Trinajstić information content (AvgIpc) is 2.68. The Morgan fingerprint density at radius 3 is 3.00 bits per heavy atom. The molecule has 0 spiro atoms. The van der Waals surface area contributed by atoms with Crippen molar-refractivity contribution in [2.45, 2.75) is 6.42 Å². The van der Waals surface area contributed by atoms with E-state index in [-0.39, 0.29) is 5.82 Å². The number of halogens is 2. The number of likely N-dealkylation sites (N-methyl/N-ethyl adjacent to an activating group) is 1. The Morgan fingerprint density at radius 2 is 2.29 bits per heavy atom. The highest BCUT2D eigenvalue weighted by molar-refractivity contribution is 9.11. The predicted octanol–water partition coefficient (Wildman–Crippen LogP) is 3.47. The van der Waals surface area contributed by atoms with Crippen LogP contribution in [0.2, 0.25) is 0 Å². The molecule has 17 heavy (non-hydrogen) atoms. The molecule has 1 heterocycles. The fourth-order valence-corrected chi connectivity index (χ4v) is 3.06. The van der Waals surface area contributed by atoms with Crippen LogP contribution in [-0.2, 0) is 6.42 Å². The van der Waals surface area contributed by atoms with Crippen molar-refractivity contribution >= 4 is 27.3 Å². The first-order valence-electron chi connectivity index (χ1n) is 5.26. The molecule has 0 aliphatic carbocycles. The highest BCUT2D eigenvalue weighted by Gasteiger charge is 2.10. The van der Waals surface area contributed by atoms with E-state index < -0.39 is 0 Å². The third-order valence-electron chi connectivity index (χ3n) is 2.33. The maximum Gasteiger partial charge on any atom is 0.124 e. The van der Waals surface area contributed by atoms with E-state index in [1.165, 1.54) is 23.5 Å². The molecule has 5 heteroatoms. The Kier molecular flexibility index (Phi) is 4.25. The second kappa shape index (κ2) is 5.71. The number of aromatic nitrogens is 1. The molecule has 0 aliphatic heterocycles.